The van der Waals surface area contributed by atoms with Crippen molar-refractivity contribution in [2.75, 3.05) is 0 Å². The molecule has 0 fully saturated rings. The molecule has 0 aliphatic rings. The average molecular weight is 423 g/mol. The van der Waals surface area contributed by atoms with E-state index >= 15 is 0 Å². The monoisotopic (exact) mass is 423 g/mol. The third kappa shape index (κ3) is 3.42. The minimum absolute atomic E-state index is 0.375. The van der Waals surface area contributed by atoms with Gasteiger partial charge < -0.3 is 4.42 Å². The molecular weight excluding hydrogens is 406 g/mol. The highest BCUT2D eigenvalue weighted by Crippen LogP contribution is 2.35. The van der Waals surface area contributed by atoms with E-state index in [-0.39, 0.29) is 0 Å². The fraction of sp³-hybridized carbons (Fsp3) is 0. The number of nitriles is 1. The zero-order valence-electron chi connectivity index (χ0n) is 17.6. The van der Waals surface area contributed by atoms with E-state index in [2.05, 4.69) is 41.4 Å². The van der Waals surface area contributed by atoms with Gasteiger partial charge in [-0.3, -0.25) is 0 Å². The molecule has 0 radical (unpaired) electrons. The summed E-state index contributed by atoms with van der Waals surface area (Å²) in [5.74, 6) is 0. The maximum atomic E-state index is 9.16. The molecule has 0 amide bonds. The van der Waals surface area contributed by atoms with Gasteiger partial charge in [-0.05, 0) is 65.7 Å². The molecule has 0 bridgehead atoms. The summed E-state index contributed by atoms with van der Waals surface area (Å²) < 4.78 is 6.09. The number of nitrogens with zero attached hydrogens (tertiary/aromatic N) is 3. The lowest BCUT2D eigenvalue weighted by atomic mass is 10.0. The number of pyridine rings is 2. The van der Waals surface area contributed by atoms with E-state index in [4.69, 9.17) is 14.7 Å². The maximum absolute atomic E-state index is 9.16. The SMILES string of the molecule is N#Cc1cc(-c2cccc(-c3ccc4oc5ccc(-c6ccccc6)cc5c4c3)n2)ccn1. The van der Waals surface area contributed by atoms with Crippen molar-refractivity contribution in [3.05, 3.63) is 109 Å². The molecule has 0 unspecified atom stereocenters. The molecule has 6 aromatic rings. The molecule has 4 heteroatoms. The van der Waals surface area contributed by atoms with Gasteiger partial charge in [0.1, 0.15) is 22.9 Å². The Bertz CT molecular complexity index is 1680. The molecule has 0 saturated heterocycles. The van der Waals surface area contributed by atoms with Gasteiger partial charge in [0.05, 0.1) is 11.4 Å². The van der Waals surface area contributed by atoms with Crippen LogP contribution in [0.5, 0.6) is 0 Å². The summed E-state index contributed by atoms with van der Waals surface area (Å²) in [4.78, 5) is 8.91. The van der Waals surface area contributed by atoms with Gasteiger partial charge in [0.25, 0.3) is 0 Å². The van der Waals surface area contributed by atoms with Crippen molar-refractivity contribution in [1.29, 1.82) is 5.26 Å². The Morgan fingerprint density at radius 2 is 1.27 bits per heavy atom. The Kier molecular flexibility index (Phi) is 4.45. The first kappa shape index (κ1) is 19.0. The molecular formula is C29H17N3O. The van der Waals surface area contributed by atoms with Gasteiger partial charge in [-0.25, -0.2) is 9.97 Å². The van der Waals surface area contributed by atoms with Crippen LogP contribution in [0, 0.1) is 11.3 Å². The van der Waals surface area contributed by atoms with Crippen LogP contribution in [0.1, 0.15) is 5.69 Å². The first-order chi connectivity index (χ1) is 16.3. The number of hydrogen-bond donors (Lipinski definition) is 0. The van der Waals surface area contributed by atoms with Gasteiger partial charge in [-0.15, -0.1) is 0 Å². The van der Waals surface area contributed by atoms with Crippen LogP contribution in [-0.2, 0) is 0 Å². The van der Waals surface area contributed by atoms with Gasteiger partial charge in [-0.1, -0.05) is 42.5 Å². The summed E-state index contributed by atoms with van der Waals surface area (Å²) in [5, 5.41) is 11.3. The second-order valence-electron chi connectivity index (χ2n) is 7.84. The summed E-state index contributed by atoms with van der Waals surface area (Å²) in [6.07, 6.45) is 1.64. The first-order valence-electron chi connectivity index (χ1n) is 10.6. The molecule has 3 aromatic carbocycles. The van der Waals surface area contributed by atoms with Crippen LogP contribution in [0.4, 0.5) is 0 Å². The number of hydrogen-bond acceptors (Lipinski definition) is 4. The molecule has 0 atom stereocenters. The van der Waals surface area contributed by atoms with Gasteiger partial charge in [0.2, 0.25) is 0 Å². The highest BCUT2D eigenvalue weighted by Gasteiger charge is 2.11. The highest BCUT2D eigenvalue weighted by molar-refractivity contribution is 6.07. The molecule has 154 valence electrons. The summed E-state index contributed by atoms with van der Waals surface area (Å²) in [5.41, 5.74) is 7.95. The molecule has 33 heavy (non-hydrogen) atoms. The zero-order valence-corrected chi connectivity index (χ0v) is 17.6. The summed E-state index contributed by atoms with van der Waals surface area (Å²) in [6, 6.07) is 34.4. The normalized spacial score (nSPS) is 11.0. The lowest BCUT2D eigenvalue weighted by Crippen LogP contribution is -1.89. The van der Waals surface area contributed by atoms with Crippen LogP contribution in [0.15, 0.2) is 108 Å². The van der Waals surface area contributed by atoms with Gasteiger partial charge in [-0.2, -0.15) is 5.26 Å². The fourth-order valence-corrected chi connectivity index (χ4v) is 4.15. The number of aromatic nitrogens is 2. The third-order valence-electron chi connectivity index (χ3n) is 5.79. The third-order valence-corrected chi connectivity index (χ3v) is 5.79. The lowest BCUT2D eigenvalue weighted by Gasteiger charge is -2.06. The average Bonchev–Trinajstić information content (AvgIpc) is 3.26. The Hall–Kier alpha value is -4.75. The largest absolute Gasteiger partial charge is 0.456 e. The van der Waals surface area contributed by atoms with E-state index in [9.17, 15) is 0 Å². The van der Waals surface area contributed by atoms with E-state index in [0.717, 1.165) is 50.0 Å². The standard InChI is InChI=1S/C29H17N3O/c30-18-23-15-22(13-14-31-23)27-8-4-7-26(32-27)21-10-12-29-25(17-21)24-16-20(9-11-28(24)33-29)19-5-2-1-3-6-19/h1-17H. The second-order valence-corrected chi connectivity index (χ2v) is 7.84. The molecule has 4 nitrogen and oxygen atoms in total. The van der Waals surface area contributed by atoms with Crippen molar-refractivity contribution in [1.82, 2.24) is 9.97 Å². The van der Waals surface area contributed by atoms with Crippen LogP contribution in [0.3, 0.4) is 0 Å². The van der Waals surface area contributed by atoms with E-state index in [1.807, 2.05) is 60.7 Å². The first-order valence-corrected chi connectivity index (χ1v) is 10.6. The van der Waals surface area contributed by atoms with Crippen molar-refractivity contribution in [2.45, 2.75) is 0 Å². The van der Waals surface area contributed by atoms with E-state index in [0.29, 0.717) is 5.69 Å². The van der Waals surface area contributed by atoms with Crippen molar-refractivity contribution >= 4 is 21.9 Å². The van der Waals surface area contributed by atoms with Crippen LogP contribution < -0.4 is 0 Å². The highest BCUT2D eigenvalue weighted by atomic mass is 16.3. The lowest BCUT2D eigenvalue weighted by molar-refractivity contribution is 0.669. The molecule has 3 aromatic heterocycles. The molecule has 0 spiro atoms. The second kappa shape index (κ2) is 7.74. The Balaban J connectivity index is 1.47. The van der Waals surface area contributed by atoms with E-state index in [1.165, 1.54) is 5.56 Å². The zero-order chi connectivity index (χ0) is 22.2. The maximum Gasteiger partial charge on any atom is 0.141 e. The Morgan fingerprint density at radius 1 is 0.606 bits per heavy atom. The molecule has 0 aliphatic carbocycles. The molecule has 3 heterocycles. The molecule has 0 aliphatic heterocycles. The van der Waals surface area contributed by atoms with Crippen molar-refractivity contribution in [3.8, 4) is 39.7 Å². The van der Waals surface area contributed by atoms with Crippen molar-refractivity contribution in [3.63, 3.8) is 0 Å². The minimum atomic E-state index is 0.375. The Morgan fingerprint density at radius 3 is 2.00 bits per heavy atom. The summed E-state index contributed by atoms with van der Waals surface area (Å²) in [7, 11) is 0. The number of rotatable bonds is 3. The summed E-state index contributed by atoms with van der Waals surface area (Å²) in [6.45, 7) is 0. The van der Waals surface area contributed by atoms with Crippen LogP contribution in [0.2, 0.25) is 0 Å². The van der Waals surface area contributed by atoms with Gasteiger partial charge in [0.15, 0.2) is 0 Å². The topological polar surface area (TPSA) is 62.7 Å². The van der Waals surface area contributed by atoms with Gasteiger partial charge >= 0.3 is 0 Å². The molecule has 0 N–H and O–H groups in total. The van der Waals surface area contributed by atoms with Crippen LogP contribution >= 0.6 is 0 Å². The van der Waals surface area contributed by atoms with E-state index in [1.54, 1.807) is 12.3 Å². The van der Waals surface area contributed by atoms with Crippen LogP contribution in [0.25, 0.3) is 55.6 Å². The number of benzene rings is 3. The van der Waals surface area contributed by atoms with Crippen molar-refractivity contribution < 1.29 is 4.42 Å². The fourth-order valence-electron chi connectivity index (χ4n) is 4.15. The van der Waals surface area contributed by atoms with Crippen molar-refractivity contribution in [2.24, 2.45) is 0 Å². The smallest absolute Gasteiger partial charge is 0.141 e. The van der Waals surface area contributed by atoms with Crippen LogP contribution in [-0.4, -0.2) is 9.97 Å². The number of fused-ring (bicyclic) bond motifs is 3. The Labute approximate surface area is 190 Å². The summed E-state index contributed by atoms with van der Waals surface area (Å²) >= 11 is 0. The molecule has 0 saturated carbocycles. The number of furan rings is 1. The predicted octanol–water partition coefficient (Wildman–Crippen LogP) is 7.25. The quantitative estimate of drug-likeness (QED) is 0.301. The predicted molar refractivity (Wildman–Crippen MR) is 130 cm³/mol. The minimum Gasteiger partial charge on any atom is -0.456 e. The van der Waals surface area contributed by atoms with Gasteiger partial charge in [0, 0.05) is 28.1 Å². The van der Waals surface area contributed by atoms with E-state index < -0.39 is 0 Å². The molecule has 6 rings (SSSR count).